The summed E-state index contributed by atoms with van der Waals surface area (Å²) in [4.78, 5) is 12.3. The minimum Gasteiger partial charge on any atom is -0.237 e. The van der Waals surface area contributed by atoms with Crippen LogP contribution in [-0.2, 0) is 0 Å². The van der Waals surface area contributed by atoms with Gasteiger partial charge in [-0.1, -0.05) is 6.07 Å². The van der Waals surface area contributed by atoms with Crippen LogP contribution in [0.1, 0.15) is 38.9 Å². The maximum atomic E-state index is 15.4. The quantitative estimate of drug-likeness (QED) is 0.124. The van der Waals surface area contributed by atoms with Gasteiger partial charge < -0.3 is 0 Å². The number of hydrogen-bond donors (Lipinski definition) is 0. The summed E-state index contributed by atoms with van der Waals surface area (Å²) in [5, 5.41) is 39.0. The molecule has 0 N–H and O–H groups in total. The number of halogens is 5. The van der Waals surface area contributed by atoms with Crippen molar-refractivity contribution in [3.8, 4) is 24.3 Å². The fourth-order valence-electron chi connectivity index (χ4n) is 5.43. The van der Waals surface area contributed by atoms with Crippen LogP contribution in [0.2, 0.25) is 0 Å². The van der Waals surface area contributed by atoms with Crippen molar-refractivity contribution in [3.05, 3.63) is 155 Å². The monoisotopic (exact) mass is 620 g/mol. The highest BCUT2D eigenvalue weighted by Crippen LogP contribution is 2.55. The van der Waals surface area contributed by atoms with Gasteiger partial charge in [-0.05, 0) is 57.7 Å². The van der Waals surface area contributed by atoms with Gasteiger partial charge in [0.2, 0.25) is 5.70 Å². The highest BCUT2D eigenvalue weighted by Gasteiger charge is 2.39. The Morgan fingerprint density at radius 2 is 1.15 bits per heavy atom. The molecule has 0 atom stereocenters. The smallest absolute Gasteiger partial charge is 0.237 e. The number of hydrogen-bond acceptors (Lipinski definition) is 4. The lowest BCUT2D eigenvalue weighted by Gasteiger charge is -2.13. The second kappa shape index (κ2) is 11.4. The van der Waals surface area contributed by atoms with E-state index >= 15 is 8.78 Å². The Balaban J connectivity index is 1.97. The molecule has 2 aliphatic carbocycles. The van der Waals surface area contributed by atoms with E-state index < -0.39 is 90.8 Å². The minimum absolute atomic E-state index is 0.128. The van der Waals surface area contributed by atoms with Crippen molar-refractivity contribution in [2.75, 3.05) is 0 Å². The van der Waals surface area contributed by atoms with Crippen LogP contribution in [0.3, 0.4) is 0 Å². The average molecular weight is 620 g/mol. The van der Waals surface area contributed by atoms with Gasteiger partial charge >= 0.3 is 0 Å². The maximum Gasteiger partial charge on any atom is 0.270 e. The summed E-state index contributed by atoms with van der Waals surface area (Å²) in [5.74, 6) is -8.28. The number of nitriles is 4. The van der Waals surface area contributed by atoms with E-state index in [1.807, 2.05) is 6.07 Å². The van der Waals surface area contributed by atoms with Gasteiger partial charge in [-0.2, -0.15) is 10.5 Å². The van der Waals surface area contributed by atoms with E-state index in [4.69, 9.17) is 31.6 Å². The first-order valence-corrected chi connectivity index (χ1v) is 12.5. The topological polar surface area (TPSA) is 113 Å². The molecule has 13 heteroatoms. The third-order valence-electron chi connectivity index (χ3n) is 7.33. The van der Waals surface area contributed by atoms with Crippen molar-refractivity contribution in [1.82, 2.24) is 0 Å². The third-order valence-corrected chi connectivity index (χ3v) is 7.33. The van der Waals surface area contributed by atoms with Crippen molar-refractivity contribution < 1.29 is 22.0 Å². The normalized spacial score (nSPS) is 14.7. The zero-order valence-corrected chi connectivity index (χ0v) is 22.9. The second-order valence-electron chi connectivity index (χ2n) is 9.43. The Hall–Kier alpha value is -7.81. The molecule has 0 aromatic heterocycles. The summed E-state index contributed by atoms with van der Waals surface area (Å²) in [6.07, 6.45) is 0. The largest absolute Gasteiger partial charge is 0.270 e. The molecule has 0 saturated carbocycles. The summed E-state index contributed by atoms with van der Waals surface area (Å²) in [7, 11) is 0. The fourth-order valence-corrected chi connectivity index (χ4v) is 5.43. The average Bonchev–Trinajstić information content (AvgIpc) is 3.56. The van der Waals surface area contributed by atoms with Crippen LogP contribution in [0, 0.1) is 101 Å². The van der Waals surface area contributed by atoms with Gasteiger partial charge in [-0.15, -0.1) is 0 Å². The summed E-state index contributed by atoms with van der Waals surface area (Å²) < 4.78 is 75.1. The van der Waals surface area contributed by atoms with Gasteiger partial charge in [0.25, 0.3) is 17.1 Å². The number of rotatable bonds is 2. The van der Waals surface area contributed by atoms with E-state index in [1.165, 1.54) is 6.07 Å². The second-order valence-corrected chi connectivity index (χ2v) is 9.43. The molecule has 0 unspecified atom stereocenters. The van der Waals surface area contributed by atoms with Gasteiger partial charge in [0, 0.05) is 22.3 Å². The predicted molar refractivity (Wildman–Crippen MR) is 154 cm³/mol. The predicted octanol–water partition coefficient (Wildman–Crippen LogP) is 8.36. The summed E-state index contributed by atoms with van der Waals surface area (Å²) in [5.41, 5.74) is -8.28. The SMILES string of the molecule is [C-]#[N+]C1=C(c2cc(F)c([N+]#[C-])c(F)c2F)/C(=C(/C#N)[N+]#[C-])c2cc3c(cc21)/C(=C(/C#N)[N+]#[C-])C(c1ccc(C#N)c(F)c1F)=C3C#N. The first-order valence-electron chi connectivity index (χ1n) is 12.5. The summed E-state index contributed by atoms with van der Waals surface area (Å²) >= 11 is 0. The first kappa shape index (κ1) is 30.6. The molecule has 0 aliphatic heterocycles. The molecule has 0 bridgehead atoms. The molecular weight excluding hydrogens is 615 g/mol. The maximum absolute atomic E-state index is 15.4. The number of fused-ring (bicyclic) bond motifs is 2. The zero-order chi connectivity index (χ0) is 34.3. The Labute approximate surface area is 261 Å². The van der Waals surface area contributed by atoms with Crippen LogP contribution >= 0.6 is 0 Å². The molecule has 2 aliphatic rings. The molecule has 0 heterocycles. The molecule has 0 amide bonds. The molecule has 0 spiro atoms. The van der Waals surface area contributed by atoms with E-state index in [0.717, 1.165) is 24.3 Å². The summed E-state index contributed by atoms with van der Waals surface area (Å²) in [6, 6.07) is 11.1. The molecule has 216 valence electrons. The van der Waals surface area contributed by atoms with Crippen LogP contribution in [0.5, 0.6) is 0 Å². The molecule has 8 nitrogen and oxygen atoms in total. The van der Waals surface area contributed by atoms with Crippen molar-refractivity contribution in [3.63, 3.8) is 0 Å². The van der Waals surface area contributed by atoms with E-state index in [-0.39, 0.29) is 27.8 Å². The Morgan fingerprint density at radius 1 is 0.574 bits per heavy atom. The lowest BCUT2D eigenvalue weighted by molar-refractivity contribution is 0.499. The highest BCUT2D eigenvalue weighted by molar-refractivity contribution is 6.29. The third kappa shape index (κ3) is 4.20. The molecule has 0 fully saturated rings. The fraction of sp³-hybridized carbons (Fsp3) is 0. The van der Waals surface area contributed by atoms with E-state index in [0.29, 0.717) is 6.07 Å². The molecular formula is C34H5F5N8. The standard InChI is InChI=1S/C34H5F5N8/c1-44-23(12-42)26-17-8-19-18(7-16(17)21(11-41)25(26)15-6-5-14(10-40)29(36)30(15)37)27(24(13-43)45-2)28(33(19)46-3)20-9-22(35)34(47-4)32(39)31(20)38/h5-9H/b26-23+,27-24-. The van der Waals surface area contributed by atoms with Crippen molar-refractivity contribution in [2.24, 2.45) is 0 Å². The van der Waals surface area contributed by atoms with Crippen LogP contribution < -0.4 is 0 Å². The lowest BCUT2D eigenvalue weighted by atomic mass is 9.91. The van der Waals surface area contributed by atoms with Gasteiger partial charge in [0.1, 0.15) is 18.0 Å². The lowest BCUT2D eigenvalue weighted by Crippen LogP contribution is -1.99. The van der Waals surface area contributed by atoms with Gasteiger partial charge in [0.15, 0.2) is 23.3 Å². The van der Waals surface area contributed by atoms with E-state index in [1.54, 1.807) is 12.1 Å². The minimum atomic E-state index is -1.89. The van der Waals surface area contributed by atoms with Gasteiger partial charge in [0.05, 0.1) is 49.6 Å². The van der Waals surface area contributed by atoms with Crippen LogP contribution in [0.15, 0.2) is 41.7 Å². The van der Waals surface area contributed by atoms with Crippen LogP contribution in [0.25, 0.3) is 52.9 Å². The Morgan fingerprint density at radius 3 is 1.68 bits per heavy atom. The van der Waals surface area contributed by atoms with E-state index in [2.05, 4.69) is 19.4 Å². The molecule has 0 radical (unpaired) electrons. The summed E-state index contributed by atoms with van der Waals surface area (Å²) in [6.45, 7) is 30.0. The molecule has 3 aromatic rings. The van der Waals surface area contributed by atoms with Crippen LogP contribution in [-0.4, -0.2) is 0 Å². The van der Waals surface area contributed by atoms with Gasteiger partial charge in [-0.25, -0.2) is 51.9 Å². The molecule has 0 saturated heterocycles. The van der Waals surface area contributed by atoms with Crippen molar-refractivity contribution >= 4 is 39.2 Å². The Bertz CT molecular complexity index is 2520. The number of benzene rings is 3. The molecule has 5 rings (SSSR count). The van der Waals surface area contributed by atoms with Crippen molar-refractivity contribution in [2.45, 2.75) is 0 Å². The molecule has 3 aromatic carbocycles. The zero-order valence-electron chi connectivity index (χ0n) is 22.9. The highest BCUT2D eigenvalue weighted by atomic mass is 19.2. The number of allylic oxidation sites excluding steroid dienone is 7. The van der Waals surface area contributed by atoms with Crippen LogP contribution in [0.4, 0.5) is 27.6 Å². The van der Waals surface area contributed by atoms with Crippen molar-refractivity contribution in [1.29, 1.82) is 21.0 Å². The van der Waals surface area contributed by atoms with E-state index in [9.17, 15) is 29.0 Å². The Kier molecular flexibility index (Phi) is 7.41. The molecule has 47 heavy (non-hydrogen) atoms. The number of nitrogens with zero attached hydrogens (tertiary/aromatic N) is 8. The van der Waals surface area contributed by atoms with Gasteiger partial charge in [-0.3, -0.25) is 0 Å². The first-order chi connectivity index (χ1) is 22.6.